The van der Waals surface area contributed by atoms with Gasteiger partial charge in [0.15, 0.2) is 6.61 Å². The number of benzene rings is 2. The highest BCUT2D eigenvalue weighted by molar-refractivity contribution is 9.10. The second-order valence-electron chi connectivity index (χ2n) is 4.18. The van der Waals surface area contributed by atoms with E-state index in [1.807, 2.05) is 6.07 Å². The highest BCUT2D eigenvalue weighted by Gasteiger charge is 2.16. The Balaban J connectivity index is 2.05. The molecule has 0 atom stereocenters. The number of ether oxygens (including phenoxy) is 2. The van der Waals surface area contributed by atoms with Crippen molar-refractivity contribution in [3.63, 3.8) is 0 Å². The normalized spacial score (nSPS) is 10.0. The third-order valence-corrected chi connectivity index (χ3v) is 3.53. The zero-order valence-corrected chi connectivity index (χ0v) is 12.9. The Kier molecular flexibility index (Phi) is 5.11. The maximum atomic E-state index is 12.0. The minimum absolute atomic E-state index is 0.272. The molecule has 0 saturated carbocycles. The van der Waals surface area contributed by atoms with E-state index in [0.717, 1.165) is 0 Å². The topological polar surface area (TPSA) is 52.6 Å². The van der Waals surface area contributed by atoms with E-state index in [4.69, 9.17) is 9.47 Å². The molecule has 4 nitrogen and oxygen atoms in total. The van der Waals surface area contributed by atoms with Crippen molar-refractivity contribution in [2.24, 2.45) is 0 Å². The minimum atomic E-state index is -0.590. The Morgan fingerprint density at radius 3 is 2.29 bits per heavy atom. The van der Waals surface area contributed by atoms with Crippen LogP contribution in [0.15, 0.2) is 53.0 Å². The summed E-state index contributed by atoms with van der Waals surface area (Å²) in [4.78, 5) is 24.0. The number of Topliss-reactive ketones (excluding diaryl/α,β-unsaturated/α-hetero) is 1. The molecule has 0 radical (unpaired) electrons. The monoisotopic (exact) mass is 348 g/mol. The van der Waals surface area contributed by atoms with Gasteiger partial charge in [0.25, 0.3) is 0 Å². The summed E-state index contributed by atoms with van der Waals surface area (Å²) in [5.74, 6) is -0.450. The number of halogens is 1. The molecule has 0 N–H and O–H groups in total. The smallest absolute Gasteiger partial charge is 0.342 e. The van der Waals surface area contributed by atoms with Gasteiger partial charge in [-0.05, 0) is 18.2 Å². The van der Waals surface area contributed by atoms with Crippen LogP contribution in [0.2, 0.25) is 0 Å². The maximum absolute atomic E-state index is 12.0. The summed E-state index contributed by atoms with van der Waals surface area (Å²) in [7, 11) is 1.47. The molecule has 0 unspecified atom stereocenters. The standard InChI is InChI=1S/C16H13BrO4/c1-20-15-9-5-3-7-12(15)16(19)21-10-14(18)11-6-2-4-8-13(11)17/h2-9H,10H2,1H3. The van der Waals surface area contributed by atoms with Crippen LogP contribution in [0.5, 0.6) is 5.75 Å². The van der Waals surface area contributed by atoms with Gasteiger partial charge >= 0.3 is 5.97 Å². The Morgan fingerprint density at radius 1 is 1.00 bits per heavy atom. The number of hydrogen-bond donors (Lipinski definition) is 0. The van der Waals surface area contributed by atoms with Crippen molar-refractivity contribution in [3.05, 3.63) is 64.1 Å². The molecule has 0 amide bonds. The molecule has 21 heavy (non-hydrogen) atoms. The number of methoxy groups -OCH3 is 1. The predicted octanol–water partition coefficient (Wildman–Crippen LogP) is 3.50. The van der Waals surface area contributed by atoms with Crippen LogP contribution in [-0.2, 0) is 4.74 Å². The summed E-state index contributed by atoms with van der Waals surface area (Å²) in [6.45, 7) is -0.320. The van der Waals surface area contributed by atoms with Gasteiger partial charge in [0.1, 0.15) is 11.3 Å². The molecule has 0 aromatic heterocycles. The van der Waals surface area contributed by atoms with Crippen LogP contribution < -0.4 is 4.74 Å². The first-order valence-corrected chi connectivity index (χ1v) is 7.00. The molecular formula is C16H13BrO4. The number of para-hydroxylation sites is 1. The van der Waals surface area contributed by atoms with E-state index in [1.165, 1.54) is 7.11 Å². The lowest BCUT2D eigenvalue weighted by atomic mass is 10.1. The molecule has 0 aliphatic rings. The van der Waals surface area contributed by atoms with Gasteiger partial charge in [0.05, 0.1) is 7.11 Å². The van der Waals surface area contributed by atoms with Crippen molar-refractivity contribution >= 4 is 27.7 Å². The number of rotatable bonds is 5. The summed E-state index contributed by atoms with van der Waals surface area (Å²) in [6.07, 6.45) is 0. The first-order chi connectivity index (χ1) is 10.1. The van der Waals surface area contributed by atoms with E-state index < -0.39 is 5.97 Å². The van der Waals surface area contributed by atoms with Crippen molar-refractivity contribution < 1.29 is 19.1 Å². The van der Waals surface area contributed by atoms with Crippen LogP contribution in [-0.4, -0.2) is 25.5 Å². The first-order valence-electron chi connectivity index (χ1n) is 6.21. The van der Waals surface area contributed by atoms with Gasteiger partial charge in [0.2, 0.25) is 5.78 Å². The van der Waals surface area contributed by atoms with E-state index in [-0.39, 0.29) is 12.4 Å². The van der Waals surface area contributed by atoms with Crippen LogP contribution >= 0.6 is 15.9 Å². The zero-order valence-electron chi connectivity index (χ0n) is 11.3. The second kappa shape index (κ2) is 7.04. The van der Waals surface area contributed by atoms with Gasteiger partial charge in [-0.15, -0.1) is 0 Å². The summed E-state index contributed by atoms with van der Waals surface area (Å²) < 4.78 is 10.8. The highest BCUT2D eigenvalue weighted by atomic mass is 79.9. The average molecular weight is 349 g/mol. The lowest BCUT2D eigenvalue weighted by Crippen LogP contribution is -2.15. The van der Waals surface area contributed by atoms with Gasteiger partial charge in [0, 0.05) is 10.0 Å². The minimum Gasteiger partial charge on any atom is -0.496 e. The van der Waals surface area contributed by atoms with E-state index >= 15 is 0 Å². The summed E-state index contributed by atoms with van der Waals surface area (Å²) in [5.41, 5.74) is 0.769. The van der Waals surface area contributed by atoms with Crippen LogP contribution in [0.1, 0.15) is 20.7 Å². The largest absolute Gasteiger partial charge is 0.496 e. The molecule has 2 rings (SSSR count). The van der Waals surface area contributed by atoms with E-state index in [2.05, 4.69) is 15.9 Å². The zero-order chi connectivity index (χ0) is 15.2. The first kappa shape index (κ1) is 15.3. The molecule has 0 spiro atoms. The summed E-state index contributed by atoms with van der Waals surface area (Å²) >= 11 is 3.29. The molecule has 5 heteroatoms. The van der Waals surface area contributed by atoms with E-state index in [1.54, 1.807) is 42.5 Å². The fourth-order valence-electron chi connectivity index (χ4n) is 1.79. The molecule has 0 bridgehead atoms. The van der Waals surface area contributed by atoms with Gasteiger partial charge in [-0.1, -0.05) is 46.3 Å². The summed E-state index contributed by atoms with van der Waals surface area (Å²) in [5, 5.41) is 0. The van der Waals surface area contributed by atoms with Crippen molar-refractivity contribution in [1.82, 2.24) is 0 Å². The number of hydrogen-bond acceptors (Lipinski definition) is 4. The van der Waals surface area contributed by atoms with Crippen LogP contribution in [0.3, 0.4) is 0 Å². The third kappa shape index (κ3) is 3.70. The lowest BCUT2D eigenvalue weighted by molar-refractivity contribution is 0.0471. The van der Waals surface area contributed by atoms with E-state index in [0.29, 0.717) is 21.3 Å². The summed E-state index contributed by atoms with van der Waals surface area (Å²) in [6, 6.07) is 13.7. The lowest BCUT2D eigenvalue weighted by Gasteiger charge is -2.08. The Hall–Kier alpha value is -2.14. The molecule has 0 fully saturated rings. The number of carbonyl (C=O) groups excluding carboxylic acids is 2. The van der Waals surface area contributed by atoms with Crippen LogP contribution in [0, 0.1) is 0 Å². The number of esters is 1. The average Bonchev–Trinajstić information content (AvgIpc) is 2.52. The van der Waals surface area contributed by atoms with Crippen molar-refractivity contribution in [1.29, 1.82) is 0 Å². The molecule has 108 valence electrons. The molecule has 2 aromatic rings. The van der Waals surface area contributed by atoms with Gasteiger partial charge < -0.3 is 9.47 Å². The Morgan fingerprint density at radius 2 is 1.62 bits per heavy atom. The quantitative estimate of drug-likeness (QED) is 0.613. The van der Waals surface area contributed by atoms with Gasteiger partial charge in [-0.25, -0.2) is 4.79 Å². The fourth-order valence-corrected chi connectivity index (χ4v) is 2.29. The SMILES string of the molecule is COc1ccccc1C(=O)OCC(=O)c1ccccc1Br. The predicted molar refractivity (Wildman–Crippen MR) is 81.7 cm³/mol. The van der Waals surface area contributed by atoms with Gasteiger partial charge in [-0.2, -0.15) is 0 Å². The number of carbonyl (C=O) groups is 2. The third-order valence-electron chi connectivity index (χ3n) is 2.84. The molecule has 0 saturated heterocycles. The highest BCUT2D eigenvalue weighted by Crippen LogP contribution is 2.19. The van der Waals surface area contributed by atoms with Crippen molar-refractivity contribution in [2.75, 3.05) is 13.7 Å². The van der Waals surface area contributed by atoms with Gasteiger partial charge in [-0.3, -0.25) is 4.79 Å². The molecular weight excluding hydrogens is 336 g/mol. The maximum Gasteiger partial charge on any atom is 0.342 e. The van der Waals surface area contributed by atoms with Crippen LogP contribution in [0.4, 0.5) is 0 Å². The fraction of sp³-hybridized carbons (Fsp3) is 0.125. The second-order valence-corrected chi connectivity index (χ2v) is 5.03. The molecule has 0 heterocycles. The molecule has 2 aromatic carbocycles. The Bertz CT molecular complexity index is 667. The van der Waals surface area contributed by atoms with E-state index in [9.17, 15) is 9.59 Å². The molecule has 0 aliphatic heterocycles. The molecule has 0 aliphatic carbocycles. The Labute approximate surface area is 130 Å². The number of ketones is 1. The van der Waals surface area contributed by atoms with Crippen molar-refractivity contribution in [2.45, 2.75) is 0 Å². The van der Waals surface area contributed by atoms with Crippen molar-refractivity contribution in [3.8, 4) is 5.75 Å². The van der Waals surface area contributed by atoms with Crippen LogP contribution in [0.25, 0.3) is 0 Å².